The van der Waals surface area contributed by atoms with Gasteiger partial charge in [0, 0.05) is 36.2 Å². The first-order valence-electron chi connectivity index (χ1n) is 10.0. The van der Waals surface area contributed by atoms with Gasteiger partial charge < -0.3 is 14.5 Å². The van der Waals surface area contributed by atoms with Gasteiger partial charge in [0.2, 0.25) is 0 Å². The fourth-order valence-electron chi connectivity index (χ4n) is 3.37. The summed E-state index contributed by atoms with van der Waals surface area (Å²) in [5, 5.41) is 0. The fraction of sp³-hybridized carbons (Fsp3) is 0.391. The number of ether oxygens (including phenoxy) is 1. The molecule has 0 aromatic heterocycles. The van der Waals surface area contributed by atoms with Crippen molar-refractivity contribution in [2.24, 2.45) is 0 Å². The summed E-state index contributed by atoms with van der Waals surface area (Å²) in [6, 6.07) is 13.2. The number of carbonyl (C=O) groups excluding carboxylic acids is 2. The van der Waals surface area contributed by atoms with Gasteiger partial charge in [-0.1, -0.05) is 35.0 Å². The molecule has 0 bridgehead atoms. The summed E-state index contributed by atoms with van der Waals surface area (Å²) in [5.41, 5.74) is 2.46. The van der Waals surface area contributed by atoms with E-state index in [9.17, 15) is 9.59 Å². The number of aryl methyl sites for hydroxylation is 1. The average molecular weight is 459 g/mol. The number of nitrogens with zero attached hydrogens (tertiary/aromatic N) is 2. The lowest BCUT2D eigenvalue weighted by atomic mass is 10.1. The molecular formula is C23H27BrN2O3. The van der Waals surface area contributed by atoms with E-state index in [1.807, 2.05) is 55.1 Å². The molecular weight excluding hydrogens is 432 g/mol. The van der Waals surface area contributed by atoms with Crippen molar-refractivity contribution in [3.8, 4) is 5.75 Å². The molecule has 2 aromatic carbocycles. The van der Waals surface area contributed by atoms with E-state index in [1.165, 1.54) is 5.56 Å². The first-order chi connectivity index (χ1) is 13.9. The number of piperazine rings is 1. The van der Waals surface area contributed by atoms with Crippen molar-refractivity contribution < 1.29 is 14.3 Å². The highest BCUT2D eigenvalue weighted by molar-refractivity contribution is 9.10. The highest BCUT2D eigenvalue weighted by atomic mass is 79.9. The Bertz CT molecular complexity index is 872. The highest BCUT2D eigenvalue weighted by Gasteiger charge is 2.27. The second-order valence-corrected chi connectivity index (χ2v) is 8.36. The quantitative estimate of drug-likeness (QED) is 0.666. The topological polar surface area (TPSA) is 49.9 Å². The Hall–Kier alpha value is -2.34. The Morgan fingerprint density at radius 1 is 0.966 bits per heavy atom. The molecule has 3 rings (SSSR count). The van der Waals surface area contributed by atoms with E-state index in [2.05, 4.69) is 22.9 Å². The molecule has 2 amide bonds. The summed E-state index contributed by atoms with van der Waals surface area (Å²) in [5.74, 6) is 0.536. The van der Waals surface area contributed by atoms with E-state index in [4.69, 9.17) is 4.74 Å². The molecule has 0 radical (unpaired) electrons. The summed E-state index contributed by atoms with van der Waals surface area (Å²) >= 11 is 3.44. The largest absolute Gasteiger partial charge is 0.490 e. The van der Waals surface area contributed by atoms with Gasteiger partial charge in [0.05, 0.1) is 11.7 Å². The van der Waals surface area contributed by atoms with Crippen LogP contribution in [0.3, 0.4) is 0 Å². The van der Waals surface area contributed by atoms with Crippen LogP contribution in [0.1, 0.15) is 47.1 Å². The smallest absolute Gasteiger partial charge is 0.257 e. The van der Waals surface area contributed by atoms with Crippen LogP contribution in [-0.2, 0) is 6.42 Å². The van der Waals surface area contributed by atoms with E-state index in [0.717, 1.165) is 10.9 Å². The Morgan fingerprint density at radius 2 is 1.55 bits per heavy atom. The molecule has 0 unspecified atom stereocenters. The predicted octanol–water partition coefficient (Wildman–Crippen LogP) is 4.40. The molecule has 0 aliphatic carbocycles. The Morgan fingerprint density at radius 3 is 2.10 bits per heavy atom. The van der Waals surface area contributed by atoms with Crippen LogP contribution in [0.25, 0.3) is 0 Å². The third-order valence-corrected chi connectivity index (χ3v) is 5.49. The summed E-state index contributed by atoms with van der Waals surface area (Å²) in [6.07, 6.45) is 0.929. The Labute approximate surface area is 180 Å². The van der Waals surface area contributed by atoms with Gasteiger partial charge in [-0.3, -0.25) is 9.59 Å². The minimum atomic E-state index is -0.0625. The first kappa shape index (κ1) is 21.4. The molecule has 2 aromatic rings. The normalized spacial score (nSPS) is 14.2. The van der Waals surface area contributed by atoms with Crippen molar-refractivity contribution in [3.05, 3.63) is 63.6 Å². The van der Waals surface area contributed by atoms with Gasteiger partial charge >= 0.3 is 0 Å². The summed E-state index contributed by atoms with van der Waals surface area (Å²) in [6.45, 7) is 8.03. The van der Waals surface area contributed by atoms with E-state index in [1.54, 1.807) is 11.0 Å². The maximum absolute atomic E-state index is 13.1. The number of rotatable bonds is 5. The SMILES string of the molecule is CCc1ccc(C(=O)N2CCN(C(=O)c3ccc(Br)cc3OC(C)C)CC2)cc1. The van der Waals surface area contributed by atoms with Gasteiger partial charge in [-0.2, -0.15) is 0 Å². The molecule has 1 saturated heterocycles. The third-order valence-electron chi connectivity index (χ3n) is 5.00. The predicted molar refractivity (Wildman–Crippen MR) is 118 cm³/mol. The van der Waals surface area contributed by atoms with Crippen LogP contribution < -0.4 is 4.74 Å². The second-order valence-electron chi connectivity index (χ2n) is 7.44. The maximum atomic E-state index is 13.1. The van der Waals surface area contributed by atoms with Crippen molar-refractivity contribution >= 4 is 27.7 Å². The standard InChI is InChI=1S/C23H27BrN2O3/c1-4-17-5-7-18(8-6-17)22(27)25-11-13-26(14-12-25)23(28)20-10-9-19(24)15-21(20)29-16(2)3/h5-10,15-16H,4,11-14H2,1-3H3. The van der Waals surface area contributed by atoms with Gasteiger partial charge in [0.25, 0.3) is 11.8 Å². The molecule has 5 nitrogen and oxygen atoms in total. The van der Waals surface area contributed by atoms with Crippen LogP contribution in [0.2, 0.25) is 0 Å². The number of hydrogen-bond acceptors (Lipinski definition) is 3. The van der Waals surface area contributed by atoms with E-state index in [0.29, 0.717) is 43.1 Å². The van der Waals surface area contributed by atoms with Crippen molar-refractivity contribution in [2.45, 2.75) is 33.3 Å². The number of carbonyl (C=O) groups is 2. The van der Waals surface area contributed by atoms with Crippen LogP contribution in [-0.4, -0.2) is 53.9 Å². The summed E-state index contributed by atoms with van der Waals surface area (Å²) < 4.78 is 6.70. The molecule has 6 heteroatoms. The molecule has 29 heavy (non-hydrogen) atoms. The van der Waals surface area contributed by atoms with Gasteiger partial charge in [0.15, 0.2) is 0 Å². The fourth-order valence-corrected chi connectivity index (χ4v) is 3.71. The zero-order chi connectivity index (χ0) is 21.0. The monoisotopic (exact) mass is 458 g/mol. The van der Waals surface area contributed by atoms with Crippen LogP contribution >= 0.6 is 15.9 Å². The van der Waals surface area contributed by atoms with Crippen molar-refractivity contribution in [1.29, 1.82) is 0 Å². The van der Waals surface area contributed by atoms with Gasteiger partial charge in [-0.25, -0.2) is 0 Å². The maximum Gasteiger partial charge on any atom is 0.257 e. The molecule has 0 saturated carbocycles. The number of halogens is 1. The van der Waals surface area contributed by atoms with E-state index < -0.39 is 0 Å². The third kappa shape index (κ3) is 5.18. The molecule has 0 N–H and O–H groups in total. The zero-order valence-electron chi connectivity index (χ0n) is 17.2. The van der Waals surface area contributed by atoms with Gasteiger partial charge in [-0.15, -0.1) is 0 Å². The number of hydrogen-bond donors (Lipinski definition) is 0. The average Bonchev–Trinajstić information content (AvgIpc) is 2.72. The lowest BCUT2D eigenvalue weighted by Gasteiger charge is -2.35. The summed E-state index contributed by atoms with van der Waals surface area (Å²) in [4.78, 5) is 29.4. The second kappa shape index (κ2) is 9.44. The Balaban J connectivity index is 1.66. The van der Waals surface area contributed by atoms with Crippen molar-refractivity contribution in [3.63, 3.8) is 0 Å². The molecule has 0 atom stereocenters. The molecule has 1 aliphatic rings. The minimum Gasteiger partial charge on any atom is -0.490 e. The highest BCUT2D eigenvalue weighted by Crippen LogP contribution is 2.26. The zero-order valence-corrected chi connectivity index (χ0v) is 18.7. The van der Waals surface area contributed by atoms with E-state index >= 15 is 0 Å². The van der Waals surface area contributed by atoms with Gasteiger partial charge in [0.1, 0.15) is 5.75 Å². The molecule has 1 heterocycles. The van der Waals surface area contributed by atoms with Crippen LogP contribution in [0.4, 0.5) is 0 Å². The number of benzene rings is 2. The van der Waals surface area contributed by atoms with Crippen molar-refractivity contribution in [2.75, 3.05) is 26.2 Å². The van der Waals surface area contributed by atoms with Crippen LogP contribution in [0.5, 0.6) is 5.75 Å². The molecule has 0 spiro atoms. The molecule has 1 aliphatic heterocycles. The molecule has 1 fully saturated rings. The first-order valence-corrected chi connectivity index (χ1v) is 10.8. The Kier molecular flexibility index (Phi) is 6.96. The van der Waals surface area contributed by atoms with Crippen LogP contribution in [0.15, 0.2) is 46.9 Å². The summed E-state index contributed by atoms with van der Waals surface area (Å²) in [7, 11) is 0. The van der Waals surface area contributed by atoms with E-state index in [-0.39, 0.29) is 17.9 Å². The number of amides is 2. The van der Waals surface area contributed by atoms with Crippen LogP contribution in [0, 0.1) is 0 Å². The lowest BCUT2D eigenvalue weighted by Crippen LogP contribution is -2.50. The lowest BCUT2D eigenvalue weighted by molar-refractivity contribution is 0.0532. The minimum absolute atomic E-state index is 0.0206. The van der Waals surface area contributed by atoms with Gasteiger partial charge in [-0.05, 0) is 56.2 Å². The van der Waals surface area contributed by atoms with Crippen molar-refractivity contribution in [1.82, 2.24) is 9.80 Å². The molecule has 154 valence electrons.